The Morgan fingerprint density at radius 1 is 1.38 bits per heavy atom. The summed E-state index contributed by atoms with van der Waals surface area (Å²) in [5.74, 6) is 0.623. The number of carbonyl (C=O) groups excluding carboxylic acids is 1. The van der Waals surface area contributed by atoms with Crippen molar-refractivity contribution >= 4 is 11.7 Å². The van der Waals surface area contributed by atoms with Gasteiger partial charge in [-0.05, 0) is 26.0 Å². The van der Waals surface area contributed by atoms with E-state index in [1.807, 2.05) is 33.0 Å². The van der Waals surface area contributed by atoms with Gasteiger partial charge in [0.1, 0.15) is 5.75 Å². The molecule has 21 heavy (non-hydrogen) atoms. The van der Waals surface area contributed by atoms with E-state index in [-0.39, 0.29) is 12.1 Å². The molecule has 2 aromatic rings. The minimum absolute atomic E-state index is 0.131. The van der Waals surface area contributed by atoms with Crippen molar-refractivity contribution in [2.45, 2.75) is 19.9 Å². The number of hydrogen-bond donors (Lipinski definition) is 2. The van der Waals surface area contributed by atoms with Crippen molar-refractivity contribution in [1.29, 1.82) is 0 Å². The smallest absolute Gasteiger partial charge is 0.319 e. The molecule has 0 fully saturated rings. The summed E-state index contributed by atoms with van der Waals surface area (Å²) < 4.78 is 6.99. The van der Waals surface area contributed by atoms with Gasteiger partial charge in [0.05, 0.1) is 25.0 Å². The lowest BCUT2D eigenvalue weighted by atomic mass is 10.1. The Bertz CT molecular complexity index is 636. The van der Waals surface area contributed by atoms with E-state index < -0.39 is 0 Å². The van der Waals surface area contributed by atoms with E-state index >= 15 is 0 Å². The van der Waals surface area contributed by atoms with Crippen molar-refractivity contribution in [3.8, 4) is 5.75 Å². The quantitative estimate of drug-likeness (QED) is 0.908. The number of nitrogens with one attached hydrogen (secondary N) is 2. The Hall–Kier alpha value is -2.50. The topological polar surface area (TPSA) is 68.2 Å². The molecule has 1 atom stereocenters. The van der Waals surface area contributed by atoms with Crippen LogP contribution in [0.5, 0.6) is 5.75 Å². The maximum atomic E-state index is 12.1. The standard InChI is InChI=1S/C15H20N4O2/c1-10(12-9-16-19(3)11(12)2)17-15(20)18-13-7-5-6-8-14(13)21-4/h5-10H,1-4H3,(H2,17,18,20). The van der Waals surface area contributed by atoms with Crippen LogP contribution in [0.15, 0.2) is 30.5 Å². The number of aryl methyl sites for hydroxylation is 1. The lowest BCUT2D eigenvalue weighted by molar-refractivity contribution is 0.249. The fourth-order valence-corrected chi connectivity index (χ4v) is 2.12. The Balaban J connectivity index is 2.03. The maximum absolute atomic E-state index is 12.1. The molecule has 0 radical (unpaired) electrons. The highest BCUT2D eigenvalue weighted by molar-refractivity contribution is 5.91. The van der Waals surface area contributed by atoms with Gasteiger partial charge in [0.2, 0.25) is 0 Å². The van der Waals surface area contributed by atoms with Gasteiger partial charge < -0.3 is 15.4 Å². The molecule has 0 aliphatic carbocycles. The number of rotatable bonds is 4. The lowest BCUT2D eigenvalue weighted by Crippen LogP contribution is -2.31. The van der Waals surface area contributed by atoms with Gasteiger partial charge in [-0.25, -0.2) is 4.79 Å². The lowest BCUT2D eigenvalue weighted by Gasteiger charge is -2.15. The van der Waals surface area contributed by atoms with Crippen LogP contribution in [0.25, 0.3) is 0 Å². The maximum Gasteiger partial charge on any atom is 0.319 e. The third kappa shape index (κ3) is 3.34. The van der Waals surface area contributed by atoms with Crippen molar-refractivity contribution in [3.05, 3.63) is 41.7 Å². The van der Waals surface area contributed by atoms with E-state index in [0.29, 0.717) is 11.4 Å². The SMILES string of the molecule is COc1ccccc1NC(=O)NC(C)c1cnn(C)c1C. The average Bonchev–Trinajstić information content (AvgIpc) is 2.79. The van der Waals surface area contributed by atoms with E-state index in [1.54, 1.807) is 30.1 Å². The Morgan fingerprint density at radius 2 is 2.10 bits per heavy atom. The minimum Gasteiger partial charge on any atom is -0.495 e. The van der Waals surface area contributed by atoms with Crippen molar-refractivity contribution in [2.75, 3.05) is 12.4 Å². The number of aromatic nitrogens is 2. The molecule has 2 N–H and O–H groups in total. The van der Waals surface area contributed by atoms with E-state index in [2.05, 4.69) is 15.7 Å². The second-order valence-corrected chi connectivity index (χ2v) is 4.83. The zero-order chi connectivity index (χ0) is 15.4. The van der Waals surface area contributed by atoms with Crippen LogP contribution >= 0.6 is 0 Å². The summed E-state index contributed by atoms with van der Waals surface area (Å²) in [6.45, 7) is 3.89. The van der Waals surface area contributed by atoms with E-state index in [9.17, 15) is 4.79 Å². The number of anilines is 1. The average molecular weight is 288 g/mol. The molecule has 1 unspecified atom stereocenters. The normalized spacial score (nSPS) is 11.8. The van der Waals surface area contributed by atoms with E-state index in [4.69, 9.17) is 4.74 Å². The number of hydrogen-bond acceptors (Lipinski definition) is 3. The first-order valence-corrected chi connectivity index (χ1v) is 6.72. The molecule has 0 aliphatic rings. The van der Waals surface area contributed by atoms with Crippen LogP contribution < -0.4 is 15.4 Å². The van der Waals surface area contributed by atoms with Crippen LogP contribution in [0.4, 0.5) is 10.5 Å². The zero-order valence-electron chi connectivity index (χ0n) is 12.7. The summed E-state index contributed by atoms with van der Waals surface area (Å²) in [5, 5.41) is 9.86. The fourth-order valence-electron chi connectivity index (χ4n) is 2.12. The van der Waals surface area contributed by atoms with Crippen LogP contribution in [0.2, 0.25) is 0 Å². The molecular formula is C15H20N4O2. The first kappa shape index (κ1) is 14.9. The molecule has 0 saturated heterocycles. The summed E-state index contributed by atoms with van der Waals surface area (Å²) in [6, 6.07) is 6.86. The highest BCUT2D eigenvalue weighted by atomic mass is 16.5. The van der Waals surface area contributed by atoms with E-state index in [1.165, 1.54) is 0 Å². The van der Waals surface area contributed by atoms with Crippen LogP contribution in [0.1, 0.15) is 24.2 Å². The number of para-hydroxylation sites is 2. The van der Waals surface area contributed by atoms with Crippen molar-refractivity contribution in [2.24, 2.45) is 7.05 Å². The molecular weight excluding hydrogens is 268 g/mol. The number of ether oxygens (including phenoxy) is 1. The largest absolute Gasteiger partial charge is 0.495 e. The first-order chi connectivity index (χ1) is 10.0. The molecule has 2 amide bonds. The molecule has 0 saturated carbocycles. The van der Waals surface area contributed by atoms with Crippen molar-refractivity contribution < 1.29 is 9.53 Å². The summed E-state index contributed by atoms with van der Waals surface area (Å²) in [6.07, 6.45) is 1.77. The Kier molecular flexibility index (Phi) is 4.47. The second kappa shape index (κ2) is 6.30. The van der Waals surface area contributed by atoms with Crippen LogP contribution in [0, 0.1) is 6.92 Å². The summed E-state index contributed by atoms with van der Waals surface area (Å²) in [5.41, 5.74) is 2.65. The predicted octanol–water partition coefficient (Wildman–Crippen LogP) is 2.62. The monoisotopic (exact) mass is 288 g/mol. The summed E-state index contributed by atoms with van der Waals surface area (Å²) in [4.78, 5) is 12.1. The number of urea groups is 1. The number of nitrogens with zero attached hydrogens (tertiary/aromatic N) is 2. The first-order valence-electron chi connectivity index (χ1n) is 6.72. The van der Waals surface area contributed by atoms with Crippen molar-refractivity contribution in [3.63, 3.8) is 0 Å². The minimum atomic E-state index is -0.282. The molecule has 6 nitrogen and oxygen atoms in total. The molecule has 6 heteroatoms. The summed E-state index contributed by atoms with van der Waals surface area (Å²) >= 11 is 0. The van der Waals surface area contributed by atoms with Gasteiger partial charge in [0.15, 0.2) is 0 Å². The Morgan fingerprint density at radius 3 is 2.71 bits per heavy atom. The van der Waals surface area contributed by atoms with Crippen LogP contribution in [0.3, 0.4) is 0 Å². The number of amides is 2. The molecule has 2 rings (SSSR count). The second-order valence-electron chi connectivity index (χ2n) is 4.83. The molecule has 0 bridgehead atoms. The number of methoxy groups -OCH3 is 1. The van der Waals surface area contributed by atoms with Crippen molar-refractivity contribution in [1.82, 2.24) is 15.1 Å². The molecule has 1 aromatic heterocycles. The van der Waals surface area contributed by atoms with E-state index in [0.717, 1.165) is 11.3 Å². The Labute approximate surface area is 124 Å². The van der Waals surface area contributed by atoms with Gasteiger partial charge >= 0.3 is 6.03 Å². The van der Waals surface area contributed by atoms with Crippen LogP contribution in [-0.2, 0) is 7.05 Å². The van der Waals surface area contributed by atoms with Gasteiger partial charge in [-0.15, -0.1) is 0 Å². The molecule has 112 valence electrons. The molecule has 1 heterocycles. The predicted molar refractivity (Wildman–Crippen MR) is 81.5 cm³/mol. The van der Waals surface area contributed by atoms with Gasteiger partial charge in [0.25, 0.3) is 0 Å². The molecule has 1 aromatic carbocycles. The van der Waals surface area contributed by atoms with Gasteiger partial charge in [-0.1, -0.05) is 12.1 Å². The third-order valence-corrected chi connectivity index (χ3v) is 3.44. The van der Waals surface area contributed by atoms with Gasteiger partial charge in [-0.3, -0.25) is 4.68 Å². The highest BCUT2D eigenvalue weighted by Gasteiger charge is 2.15. The third-order valence-electron chi connectivity index (χ3n) is 3.44. The summed E-state index contributed by atoms with van der Waals surface area (Å²) in [7, 11) is 3.44. The highest BCUT2D eigenvalue weighted by Crippen LogP contribution is 2.23. The van der Waals surface area contributed by atoms with Crippen LogP contribution in [-0.4, -0.2) is 22.9 Å². The number of benzene rings is 1. The van der Waals surface area contributed by atoms with Gasteiger partial charge in [0, 0.05) is 18.3 Å². The molecule has 0 aliphatic heterocycles. The number of carbonyl (C=O) groups is 1. The molecule has 0 spiro atoms. The van der Waals surface area contributed by atoms with Gasteiger partial charge in [-0.2, -0.15) is 5.10 Å². The zero-order valence-corrected chi connectivity index (χ0v) is 12.7. The fraction of sp³-hybridized carbons (Fsp3) is 0.333.